The molecule has 1 rings (SSSR count). The third-order valence-electron chi connectivity index (χ3n) is 3.93. The quantitative estimate of drug-likeness (QED) is 0.754. The molecule has 1 aromatic carbocycles. The van der Waals surface area contributed by atoms with Gasteiger partial charge in [-0.05, 0) is 31.0 Å². The maximum atomic E-state index is 12.5. The van der Waals surface area contributed by atoms with Crippen molar-refractivity contribution in [2.24, 2.45) is 11.1 Å². The van der Waals surface area contributed by atoms with E-state index in [-0.39, 0.29) is 18.4 Å². The molecule has 0 fully saturated rings. The standard InChI is InChI=1S/C15H22ClN3O2/c1-4-15(5-2,9-17)14(21)19-12-8-10(13(20)18-3)6-7-11(12)16/h6-8H,4-5,9,17H2,1-3H3,(H,18,20)(H,19,21). The van der Waals surface area contributed by atoms with E-state index in [4.69, 9.17) is 17.3 Å². The van der Waals surface area contributed by atoms with Crippen molar-refractivity contribution in [3.63, 3.8) is 0 Å². The summed E-state index contributed by atoms with van der Waals surface area (Å²) < 4.78 is 0. The zero-order valence-electron chi connectivity index (χ0n) is 12.6. The fraction of sp³-hybridized carbons (Fsp3) is 0.467. The second kappa shape index (κ2) is 7.43. The number of nitrogens with one attached hydrogen (secondary N) is 2. The van der Waals surface area contributed by atoms with Gasteiger partial charge in [0.1, 0.15) is 0 Å². The van der Waals surface area contributed by atoms with E-state index in [1.54, 1.807) is 25.2 Å². The first-order chi connectivity index (χ1) is 9.93. The molecular weight excluding hydrogens is 290 g/mol. The van der Waals surface area contributed by atoms with Crippen LogP contribution in [0.15, 0.2) is 18.2 Å². The predicted octanol–water partition coefficient (Wildman–Crippen LogP) is 2.40. The van der Waals surface area contributed by atoms with E-state index in [9.17, 15) is 9.59 Å². The van der Waals surface area contributed by atoms with E-state index in [2.05, 4.69) is 10.6 Å². The molecule has 21 heavy (non-hydrogen) atoms. The van der Waals surface area contributed by atoms with Crippen LogP contribution in [0.1, 0.15) is 37.0 Å². The number of amides is 2. The second-order valence-electron chi connectivity index (χ2n) is 4.92. The van der Waals surface area contributed by atoms with Crippen molar-refractivity contribution in [1.29, 1.82) is 0 Å². The van der Waals surface area contributed by atoms with Gasteiger partial charge in [-0.2, -0.15) is 0 Å². The summed E-state index contributed by atoms with van der Waals surface area (Å²) in [6.45, 7) is 4.12. The minimum absolute atomic E-state index is 0.175. The average Bonchev–Trinajstić information content (AvgIpc) is 2.51. The Morgan fingerprint density at radius 3 is 2.38 bits per heavy atom. The highest BCUT2D eigenvalue weighted by Crippen LogP contribution is 2.29. The van der Waals surface area contributed by atoms with Crippen LogP contribution < -0.4 is 16.4 Å². The van der Waals surface area contributed by atoms with Gasteiger partial charge in [-0.15, -0.1) is 0 Å². The molecule has 0 saturated carbocycles. The van der Waals surface area contributed by atoms with E-state index in [0.717, 1.165) is 0 Å². The van der Waals surface area contributed by atoms with Gasteiger partial charge in [0.2, 0.25) is 5.91 Å². The fourth-order valence-electron chi connectivity index (χ4n) is 2.11. The van der Waals surface area contributed by atoms with Crippen molar-refractivity contribution in [3.05, 3.63) is 28.8 Å². The molecule has 0 radical (unpaired) electrons. The zero-order valence-corrected chi connectivity index (χ0v) is 13.4. The van der Waals surface area contributed by atoms with Crippen LogP contribution >= 0.6 is 11.6 Å². The highest BCUT2D eigenvalue weighted by molar-refractivity contribution is 6.34. The first-order valence-electron chi connectivity index (χ1n) is 6.97. The summed E-state index contributed by atoms with van der Waals surface area (Å²) in [4.78, 5) is 24.1. The van der Waals surface area contributed by atoms with Crippen LogP contribution in [0.2, 0.25) is 5.02 Å². The molecule has 1 aromatic rings. The second-order valence-corrected chi connectivity index (χ2v) is 5.33. The Morgan fingerprint density at radius 1 is 1.29 bits per heavy atom. The van der Waals surface area contributed by atoms with Gasteiger partial charge in [0.25, 0.3) is 5.91 Å². The summed E-state index contributed by atoms with van der Waals surface area (Å²) in [5.41, 5.74) is 6.00. The Balaban J connectivity index is 3.07. The van der Waals surface area contributed by atoms with Gasteiger partial charge in [-0.1, -0.05) is 25.4 Å². The third kappa shape index (κ3) is 3.74. The van der Waals surface area contributed by atoms with Gasteiger partial charge >= 0.3 is 0 Å². The van der Waals surface area contributed by atoms with E-state index in [1.165, 1.54) is 0 Å². The molecule has 2 amide bonds. The van der Waals surface area contributed by atoms with Crippen molar-refractivity contribution in [2.75, 3.05) is 18.9 Å². The molecule has 0 aromatic heterocycles. The lowest BCUT2D eigenvalue weighted by molar-refractivity contribution is -0.125. The zero-order chi connectivity index (χ0) is 16.0. The maximum Gasteiger partial charge on any atom is 0.251 e. The Bertz CT molecular complexity index is 519. The minimum Gasteiger partial charge on any atom is -0.355 e. The molecule has 0 atom stereocenters. The van der Waals surface area contributed by atoms with Crippen LogP contribution in [0.5, 0.6) is 0 Å². The van der Waals surface area contributed by atoms with Gasteiger partial charge in [-0.3, -0.25) is 9.59 Å². The summed E-state index contributed by atoms with van der Waals surface area (Å²) in [6, 6.07) is 4.75. The summed E-state index contributed by atoms with van der Waals surface area (Å²) in [7, 11) is 1.54. The highest BCUT2D eigenvalue weighted by Gasteiger charge is 2.33. The first kappa shape index (κ1) is 17.5. The number of nitrogens with two attached hydrogens (primary N) is 1. The van der Waals surface area contributed by atoms with Gasteiger partial charge in [-0.25, -0.2) is 0 Å². The maximum absolute atomic E-state index is 12.5. The summed E-state index contributed by atoms with van der Waals surface area (Å²) in [6.07, 6.45) is 1.27. The topological polar surface area (TPSA) is 84.2 Å². The number of benzene rings is 1. The smallest absolute Gasteiger partial charge is 0.251 e. The van der Waals surface area contributed by atoms with Crippen LogP contribution in [-0.2, 0) is 4.79 Å². The van der Waals surface area contributed by atoms with Crippen LogP contribution in [0, 0.1) is 5.41 Å². The van der Waals surface area contributed by atoms with Crippen LogP contribution in [-0.4, -0.2) is 25.4 Å². The fourth-order valence-corrected chi connectivity index (χ4v) is 2.28. The molecule has 116 valence electrons. The lowest BCUT2D eigenvalue weighted by atomic mass is 9.81. The number of anilines is 1. The molecule has 0 aliphatic rings. The lowest BCUT2D eigenvalue weighted by Gasteiger charge is -2.28. The number of hydrogen-bond donors (Lipinski definition) is 3. The molecule has 0 aliphatic carbocycles. The lowest BCUT2D eigenvalue weighted by Crippen LogP contribution is -2.41. The van der Waals surface area contributed by atoms with Crippen LogP contribution in [0.3, 0.4) is 0 Å². The summed E-state index contributed by atoms with van der Waals surface area (Å²) >= 11 is 6.09. The molecule has 5 nitrogen and oxygen atoms in total. The molecule has 0 heterocycles. The molecule has 0 saturated heterocycles. The van der Waals surface area contributed by atoms with Crippen molar-refractivity contribution in [3.8, 4) is 0 Å². The first-order valence-corrected chi connectivity index (χ1v) is 7.35. The van der Waals surface area contributed by atoms with Crippen molar-refractivity contribution < 1.29 is 9.59 Å². The minimum atomic E-state index is -0.619. The third-order valence-corrected chi connectivity index (χ3v) is 4.26. The van der Waals surface area contributed by atoms with E-state index in [1.807, 2.05) is 13.8 Å². The van der Waals surface area contributed by atoms with Gasteiger partial charge in [0.15, 0.2) is 0 Å². The van der Waals surface area contributed by atoms with Gasteiger partial charge < -0.3 is 16.4 Å². The van der Waals surface area contributed by atoms with Gasteiger partial charge in [0, 0.05) is 19.2 Å². The molecule has 0 spiro atoms. The SMILES string of the molecule is CCC(CC)(CN)C(=O)Nc1cc(C(=O)NC)ccc1Cl. The normalized spacial score (nSPS) is 11.1. The Labute approximate surface area is 130 Å². The van der Waals surface area contributed by atoms with Crippen LogP contribution in [0.25, 0.3) is 0 Å². The summed E-state index contributed by atoms with van der Waals surface area (Å²) in [5, 5.41) is 5.71. The van der Waals surface area contributed by atoms with Crippen LogP contribution in [0.4, 0.5) is 5.69 Å². The molecule has 0 bridgehead atoms. The van der Waals surface area contributed by atoms with Crippen molar-refractivity contribution >= 4 is 29.1 Å². The Hall–Kier alpha value is -1.59. The summed E-state index contributed by atoms with van der Waals surface area (Å²) in [5.74, 6) is -0.413. The Morgan fingerprint density at radius 2 is 1.90 bits per heavy atom. The number of halogens is 1. The largest absolute Gasteiger partial charge is 0.355 e. The van der Waals surface area contributed by atoms with Crippen molar-refractivity contribution in [1.82, 2.24) is 5.32 Å². The molecule has 0 unspecified atom stereocenters. The Kier molecular flexibility index (Phi) is 6.18. The number of carbonyl (C=O) groups is 2. The molecule has 6 heteroatoms. The molecule has 0 aliphatic heterocycles. The average molecular weight is 312 g/mol. The molecular formula is C15H22ClN3O2. The number of rotatable bonds is 6. The van der Waals surface area contributed by atoms with Gasteiger partial charge in [0.05, 0.1) is 16.1 Å². The van der Waals surface area contributed by atoms with E-state index in [0.29, 0.717) is 29.1 Å². The monoisotopic (exact) mass is 311 g/mol. The number of hydrogen-bond acceptors (Lipinski definition) is 3. The number of carbonyl (C=O) groups excluding carboxylic acids is 2. The molecule has 4 N–H and O–H groups in total. The predicted molar refractivity (Wildman–Crippen MR) is 85.5 cm³/mol. The van der Waals surface area contributed by atoms with E-state index < -0.39 is 5.41 Å². The van der Waals surface area contributed by atoms with E-state index >= 15 is 0 Å². The highest BCUT2D eigenvalue weighted by atomic mass is 35.5. The van der Waals surface area contributed by atoms with Crippen molar-refractivity contribution in [2.45, 2.75) is 26.7 Å².